The summed E-state index contributed by atoms with van der Waals surface area (Å²) in [6.07, 6.45) is 0.872. The Morgan fingerprint density at radius 2 is 2.11 bits per heavy atom. The number of carbonyl (C=O) groups excluding carboxylic acids is 2. The number of carbonyl (C=O) groups is 2. The number of amides is 1. The van der Waals surface area contributed by atoms with Crippen LogP contribution < -0.4 is 5.32 Å². The van der Waals surface area contributed by atoms with Gasteiger partial charge in [-0.25, -0.2) is 9.18 Å². The Kier molecular flexibility index (Phi) is 3.32. The second-order valence-corrected chi connectivity index (χ2v) is 4.49. The zero-order chi connectivity index (χ0) is 13.3. The largest absolute Gasteiger partial charge is 0.465 e. The molecule has 1 saturated carbocycles. The van der Waals surface area contributed by atoms with E-state index in [-0.39, 0.29) is 17.4 Å². The first-order valence-electron chi connectivity index (χ1n) is 5.71. The molecular formula is C13H14FNO3. The zero-order valence-corrected chi connectivity index (χ0v) is 10.2. The molecule has 0 aromatic heterocycles. The number of benzene rings is 1. The van der Waals surface area contributed by atoms with Crippen molar-refractivity contribution in [1.82, 2.24) is 0 Å². The van der Waals surface area contributed by atoms with Gasteiger partial charge in [0.15, 0.2) is 0 Å². The highest BCUT2D eigenvalue weighted by molar-refractivity contribution is 5.96. The number of methoxy groups -OCH3 is 1. The van der Waals surface area contributed by atoms with Gasteiger partial charge in [-0.3, -0.25) is 4.79 Å². The van der Waals surface area contributed by atoms with Crippen LogP contribution in [0.15, 0.2) is 18.2 Å². The lowest BCUT2D eigenvalue weighted by molar-refractivity contribution is -0.117. The number of ether oxygens (including phenoxy) is 1. The first-order chi connectivity index (χ1) is 8.52. The van der Waals surface area contributed by atoms with Crippen molar-refractivity contribution in [2.75, 3.05) is 12.4 Å². The van der Waals surface area contributed by atoms with Crippen molar-refractivity contribution in [3.8, 4) is 0 Å². The molecule has 0 spiro atoms. The molecule has 0 heterocycles. The molecule has 1 aliphatic rings. The third-order valence-electron chi connectivity index (χ3n) is 3.09. The lowest BCUT2D eigenvalue weighted by Crippen LogP contribution is -2.15. The number of rotatable bonds is 3. The van der Waals surface area contributed by atoms with Gasteiger partial charge in [-0.2, -0.15) is 0 Å². The quantitative estimate of drug-likeness (QED) is 0.838. The molecule has 1 aromatic rings. The summed E-state index contributed by atoms with van der Waals surface area (Å²) in [4.78, 5) is 23.0. The Morgan fingerprint density at radius 3 is 2.67 bits per heavy atom. The van der Waals surface area contributed by atoms with Crippen LogP contribution in [0.3, 0.4) is 0 Å². The zero-order valence-electron chi connectivity index (χ0n) is 10.2. The van der Waals surface area contributed by atoms with E-state index >= 15 is 0 Å². The van der Waals surface area contributed by atoms with E-state index in [0.717, 1.165) is 12.5 Å². The molecule has 1 aromatic carbocycles. The molecule has 2 atom stereocenters. The van der Waals surface area contributed by atoms with Gasteiger partial charge in [-0.15, -0.1) is 0 Å². The van der Waals surface area contributed by atoms with E-state index < -0.39 is 11.8 Å². The number of hydrogen-bond donors (Lipinski definition) is 1. The van der Waals surface area contributed by atoms with Crippen molar-refractivity contribution in [1.29, 1.82) is 0 Å². The van der Waals surface area contributed by atoms with Crippen molar-refractivity contribution < 1.29 is 18.7 Å². The molecule has 1 amide bonds. The molecule has 1 N–H and O–H groups in total. The lowest BCUT2D eigenvalue weighted by atomic mass is 10.2. The molecule has 0 bridgehead atoms. The van der Waals surface area contributed by atoms with E-state index in [4.69, 9.17) is 0 Å². The average Bonchev–Trinajstić information content (AvgIpc) is 3.08. The molecule has 1 aliphatic carbocycles. The van der Waals surface area contributed by atoms with Crippen molar-refractivity contribution in [2.45, 2.75) is 13.3 Å². The van der Waals surface area contributed by atoms with Crippen LogP contribution in [0.4, 0.5) is 10.1 Å². The summed E-state index contributed by atoms with van der Waals surface area (Å²) in [7, 11) is 1.18. The minimum atomic E-state index is -0.761. The van der Waals surface area contributed by atoms with Crippen LogP contribution in [0, 0.1) is 17.7 Å². The summed E-state index contributed by atoms with van der Waals surface area (Å²) in [5, 5.41) is 2.67. The second-order valence-electron chi connectivity index (χ2n) is 4.49. The van der Waals surface area contributed by atoms with Crippen LogP contribution in [0.5, 0.6) is 0 Å². The van der Waals surface area contributed by atoms with Crippen molar-refractivity contribution >= 4 is 17.6 Å². The Morgan fingerprint density at radius 1 is 1.44 bits per heavy atom. The summed E-state index contributed by atoms with van der Waals surface area (Å²) >= 11 is 0. The SMILES string of the molecule is COC(=O)c1cc(NC(=O)[C@H]2C[C@H]2C)ccc1F. The highest BCUT2D eigenvalue weighted by atomic mass is 19.1. The Labute approximate surface area is 104 Å². The molecule has 0 saturated heterocycles. The van der Waals surface area contributed by atoms with Crippen molar-refractivity contribution in [3.05, 3.63) is 29.6 Å². The van der Waals surface area contributed by atoms with Crippen LogP contribution in [-0.4, -0.2) is 19.0 Å². The maximum Gasteiger partial charge on any atom is 0.340 e. The molecular weight excluding hydrogens is 237 g/mol. The van der Waals surface area contributed by atoms with Gasteiger partial charge < -0.3 is 10.1 Å². The highest BCUT2D eigenvalue weighted by Crippen LogP contribution is 2.38. The van der Waals surface area contributed by atoms with Gasteiger partial charge in [0.25, 0.3) is 0 Å². The van der Waals surface area contributed by atoms with Crippen LogP contribution in [0.25, 0.3) is 0 Å². The Balaban J connectivity index is 2.14. The molecule has 5 heteroatoms. The van der Waals surface area contributed by atoms with Crippen molar-refractivity contribution in [3.63, 3.8) is 0 Å². The van der Waals surface area contributed by atoms with Gasteiger partial charge in [-0.05, 0) is 30.5 Å². The summed E-state index contributed by atoms with van der Waals surface area (Å²) in [5.74, 6) is -1.10. The fourth-order valence-electron chi connectivity index (χ4n) is 1.79. The smallest absolute Gasteiger partial charge is 0.340 e. The van der Waals surface area contributed by atoms with Crippen LogP contribution in [-0.2, 0) is 9.53 Å². The molecule has 96 valence electrons. The Hall–Kier alpha value is -1.91. The van der Waals surface area contributed by atoms with E-state index in [0.29, 0.717) is 11.6 Å². The predicted molar refractivity (Wildman–Crippen MR) is 63.6 cm³/mol. The molecule has 4 nitrogen and oxygen atoms in total. The number of halogens is 1. The first kappa shape index (κ1) is 12.5. The summed E-state index contributed by atoms with van der Waals surface area (Å²) in [6, 6.07) is 3.84. The number of esters is 1. The van der Waals surface area contributed by atoms with Crippen LogP contribution in [0.1, 0.15) is 23.7 Å². The number of nitrogens with one attached hydrogen (secondary N) is 1. The van der Waals surface area contributed by atoms with Gasteiger partial charge in [0.2, 0.25) is 5.91 Å². The Bertz CT molecular complexity index is 501. The number of anilines is 1. The normalized spacial score (nSPS) is 21.3. The van der Waals surface area contributed by atoms with Crippen LogP contribution in [0.2, 0.25) is 0 Å². The van der Waals surface area contributed by atoms with E-state index in [1.165, 1.54) is 19.2 Å². The molecule has 1 fully saturated rings. The van der Waals surface area contributed by atoms with Gasteiger partial charge in [0.05, 0.1) is 12.7 Å². The first-order valence-corrected chi connectivity index (χ1v) is 5.71. The van der Waals surface area contributed by atoms with Gasteiger partial charge >= 0.3 is 5.97 Å². The maximum atomic E-state index is 13.4. The summed E-state index contributed by atoms with van der Waals surface area (Å²) < 4.78 is 17.8. The lowest BCUT2D eigenvalue weighted by Gasteiger charge is -2.07. The monoisotopic (exact) mass is 251 g/mol. The molecule has 0 aliphatic heterocycles. The standard InChI is InChI=1S/C13H14FNO3/c1-7-5-9(7)12(16)15-8-3-4-11(14)10(6-8)13(17)18-2/h3-4,6-7,9H,5H2,1-2H3,(H,15,16)/t7-,9+/m1/s1. The third kappa shape index (κ3) is 2.50. The van der Waals surface area contributed by atoms with E-state index in [1.54, 1.807) is 0 Å². The van der Waals surface area contributed by atoms with Gasteiger partial charge in [-0.1, -0.05) is 6.92 Å². The molecule has 2 rings (SSSR count). The van der Waals surface area contributed by atoms with E-state index in [1.807, 2.05) is 6.92 Å². The second kappa shape index (κ2) is 4.76. The fourth-order valence-corrected chi connectivity index (χ4v) is 1.79. The minimum absolute atomic E-state index is 0.0247. The topological polar surface area (TPSA) is 55.4 Å². The van der Waals surface area contributed by atoms with Gasteiger partial charge in [0, 0.05) is 11.6 Å². The minimum Gasteiger partial charge on any atom is -0.465 e. The van der Waals surface area contributed by atoms with E-state index in [2.05, 4.69) is 10.1 Å². The molecule has 0 radical (unpaired) electrons. The fraction of sp³-hybridized carbons (Fsp3) is 0.385. The van der Waals surface area contributed by atoms with E-state index in [9.17, 15) is 14.0 Å². The molecule has 0 unspecified atom stereocenters. The maximum absolute atomic E-state index is 13.4. The average molecular weight is 251 g/mol. The third-order valence-corrected chi connectivity index (χ3v) is 3.09. The number of hydrogen-bond acceptors (Lipinski definition) is 3. The summed E-state index contributed by atoms with van der Waals surface area (Å²) in [6.45, 7) is 1.99. The van der Waals surface area contributed by atoms with Gasteiger partial charge in [0.1, 0.15) is 5.82 Å². The predicted octanol–water partition coefficient (Wildman–Crippen LogP) is 2.21. The highest BCUT2D eigenvalue weighted by Gasteiger charge is 2.39. The van der Waals surface area contributed by atoms with Crippen molar-refractivity contribution in [2.24, 2.45) is 11.8 Å². The summed E-state index contributed by atoms with van der Waals surface area (Å²) in [5.41, 5.74) is 0.222. The molecule has 18 heavy (non-hydrogen) atoms. The van der Waals surface area contributed by atoms with Crippen LogP contribution >= 0.6 is 0 Å².